The molecular weight excluding hydrogens is 192 g/mol. The summed E-state index contributed by atoms with van der Waals surface area (Å²) in [4.78, 5) is 10.8. The summed E-state index contributed by atoms with van der Waals surface area (Å²) in [5.41, 5.74) is 0.953. The van der Waals surface area contributed by atoms with Crippen molar-refractivity contribution in [1.82, 2.24) is 0 Å². The van der Waals surface area contributed by atoms with Crippen LogP contribution in [0, 0.1) is 6.92 Å². The predicted octanol–water partition coefficient (Wildman–Crippen LogP) is 1.92. The monoisotopic (exact) mass is 201 g/mol. The van der Waals surface area contributed by atoms with Gasteiger partial charge in [0, 0.05) is 0 Å². The zero-order chi connectivity index (χ0) is 11.0. The van der Waals surface area contributed by atoms with Gasteiger partial charge in [-0.3, -0.25) is 0 Å². The molecule has 0 radical (unpaired) electrons. The summed E-state index contributed by atoms with van der Waals surface area (Å²) in [6, 6.07) is 8.04. The minimum atomic E-state index is -1.07. The molecule has 0 aromatic heterocycles. The third-order valence-corrected chi connectivity index (χ3v) is 2.42. The average Bonchev–Trinajstić information content (AvgIpc) is 2.19. The summed E-state index contributed by atoms with van der Waals surface area (Å²) >= 11 is 0. The van der Waals surface area contributed by atoms with Crippen LogP contribution in [0.25, 0.3) is 10.8 Å². The zero-order valence-corrected chi connectivity index (χ0v) is 8.15. The molecule has 2 rings (SSSR count). The molecule has 2 aromatic rings. The number of fused-ring (bicyclic) bond motifs is 1. The third-order valence-electron chi connectivity index (χ3n) is 2.42. The molecule has 0 aliphatic heterocycles. The van der Waals surface area contributed by atoms with Crippen LogP contribution < -0.4 is 5.11 Å². The van der Waals surface area contributed by atoms with Gasteiger partial charge >= 0.3 is 5.97 Å². The molecule has 0 amide bonds. The highest BCUT2D eigenvalue weighted by Gasteiger charge is 2.05. The molecule has 3 heteroatoms. The highest BCUT2D eigenvalue weighted by molar-refractivity contribution is 5.98. The maximum atomic E-state index is 11.6. The van der Waals surface area contributed by atoms with Crippen LogP contribution in [0.1, 0.15) is 15.9 Å². The summed E-state index contributed by atoms with van der Waals surface area (Å²) in [7, 11) is 0. The zero-order valence-electron chi connectivity index (χ0n) is 8.15. The van der Waals surface area contributed by atoms with Crippen LogP contribution in [0.5, 0.6) is 5.75 Å². The second-order valence-corrected chi connectivity index (χ2v) is 3.45. The lowest BCUT2D eigenvalue weighted by Gasteiger charge is -2.13. The van der Waals surface area contributed by atoms with Gasteiger partial charge in [-0.2, -0.15) is 0 Å². The van der Waals surface area contributed by atoms with Crippen LogP contribution in [0.15, 0.2) is 30.3 Å². The van der Waals surface area contributed by atoms with Crippen molar-refractivity contribution in [1.29, 1.82) is 0 Å². The SMILES string of the molecule is Cc1cccc2c([O-])cc(C(=O)O)cc12. The van der Waals surface area contributed by atoms with E-state index in [1.807, 2.05) is 13.0 Å². The van der Waals surface area contributed by atoms with Crippen LogP contribution in [0.4, 0.5) is 0 Å². The number of carbonyl (C=O) groups is 1. The van der Waals surface area contributed by atoms with Gasteiger partial charge in [0.2, 0.25) is 0 Å². The Morgan fingerprint density at radius 3 is 2.67 bits per heavy atom. The van der Waals surface area contributed by atoms with Crippen molar-refractivity contribution >= 4 is 16.7 Å². The smallest absolute Gasteiger partial charge is 0.335 e. The maximum Gasteiger partial charge on any atom is 0.335 e. The first-order valence-electron chi connectivity index (χ1n) is 4.53. The molecule has 0 atom stereocenters. The number of hydrogen-bond acceptors (Lipinski definition) is 2. The molecule has 0 aliphatic carbocycles. The number of carboxylic acid groups (broad SMARTS) is 1. The molecule has 1 N–H and O–H groups in total. The second-order valence-electron chi connectivity index (χ2n) is 3.45. The van der Waals surface area contributed by atoms with Crippen molar-refractivity contribution in [2.24, 2.45) is 0 Å². The number of aryl methyl sites for hydroxylation is 1. The van der Waals surface area contributed by atoms with Gasteiger partial charge in [-0.25, -0.2) is 4.79 Å². The van der Waals surface area contributed by atoms with Crippen molar-refractivity contribution in [2.45, 2.75) is 6.92 Å². The molecule has 0 aliphatic rings. The Morgan fingerprint density at radius 2 is 2.00 bits per heavy atom. The summed E-state index contributed by atoms with van der Waals surface area (Å²) in [5.74, 6) is -1.31. The molecule has 3 nitrogen and oxygen atoms in total. The molecule has 0 bridgehead atoms. The van der Waals surface area contributed by atoms with Gasteiger partial charge < -0.3 is 10.2 Å². The van der Waals surface area contributed by atoms with Crippen LogP contribution in [0.2, 0.25) is 0 Å². The first kappa shape index (κ1) is 9.52. The van der Waals surface area contributed by atoms with Gasteiger partial charge in [0.25, 0.3) is 0 Å². The first-order valence-corrected chi connectivity index (χ1v) is 4.53. The Hall–Kier alpha value is -2.03. The lowest BCUT2D eigenvalue weighted by atomic mass is 10.0. The van der Waals surface area contributed by atoms with E-state index in [1.54, 1.807) is 12.1 Å². The van der Waals surface area contributed by atoms with Gasteiger partial charge in [0.15, 0.2) is 0 Å². The Bertz CT molecular complexity index is 544. The molecule has 2 aromatic carbocycles. The van der Waals surface area contributed by atoms with Crippen molar-refractivity contribution in [3.63, 3.8) is 0 Å². The van der Waals surface area contributed by atoms with Gasteiger partial charge in [-0.1, -0.05) is 24.3 Å². The van der Waals surface area contributed by atoms with E-state index in [1.165, 1.54) is 6.07 Å². The first-order chi connectivity index (χ1) is 7.09. The number of aromatic carboxylic acids is 1. The fraction of sp³-hybridized carbons (Fsp3) is 0.0833. The van der Waals surface area contributed by atoms with Gasteiger partial charge in [0.05, 0.1) is 5.56 Å². The molecule has 0 heterocycles. The molecule has 15 heavy (non-hydrogen) atoms. The highest BCUT2D eigenvalue weighted by atomic mass is 16.4. The maximum absolute atomic E-state index is 11.6. The Morgan fingerprint density at radius 1 is 1.27 bits per heavy atom. The average molecular weight is 201 g/mol. The molecule has 0 saturated heterocycles. The second kappa shape index (κ2) is 3.28. The van der Waals surface area contributed by atoms with Crippen molar-refractivity contribution < 1.29 is 15.0 Å². The van der Waals surface area contributed by atoms with Crippen molar-refractivity contribution in [3.8, 4) is 5.75 Å². The standard InChI is InChI=1S/C12H10O3/c1-7-3-2-4-9-10(7)5-8(12(14)15)6-11(9)13/h2-6,13H,1H3,(H,14,15)/p-1. The third kappa shape index (κ3) is 1.52. The molecule has 0 saturated carbocycles. The van der Waals surface area contributed by atoms with Crippen molar-refractivity contribution in [3.05, 3.63) is 41.5 Å². The molecule has 76 valence electrons. The van der Waals surface area contributed by atoms with E-state index in [4.69, 9.17) is 5.11 Å². The van der Waals surface area contributed by atoms with E-state index in [-0.39, 0.29) is 11.3 Å². The number of carboxylic acids is 1. The van der Waals surface area contributed by atoms with E-state index in [0.29, 0.717) is 10.8 Å². The van der Waals surface area contributed by atoms with E-state index < -0.39 is 5.97 Å². The van der Waals surface area contributed by atoms with E-state index in [0.717, 1.165) is 11.6 Å². The minimum Gasteiger partial charge on any atom is -0.872 e. The summed E-state index contributed by atoms with van der Waals surface area (Å²) in [6.07, 6.45) is 0. The largest absolute Gasteiger partial charge is 0.872 e. The lowest BCUT2D eigenvalue weighted by molar-refractivity contribution is -0.265. The minimum absolute atomic E-state index is 0.0433. The van der Waals surface area contributed by atoms with E-state index >= 15 is 0 Å². The van der Waals surface area contributed by atoms with Crippen LogP contribution in [-0.2, 0) is 0 Å². The fourth-order valence-corrected chi connectivity index (χ4v) is 1.63. The van der Waals surface area contributed by atoms with Gasteiger partial charge in [0.1, 0.15) is 0 Å². The van der Waals surface area contributed by atoms with Gasteiger partial charge in [-0.05, 0) is 29.3 Å². The summed E-state index contributed by atoms with van der Waals surface area (Å²) in [6.45, 7) is 1.85. The normalized spacial score (nSPS) is 10.5. The highest BCUT2D eigenvalue weighted by Crippen LogP contribution is 2.26. The topological polar surface area (TPSA) is 60.4 Å². The van der Waals surface area contributed by atoms with Crippen LogP contribution >= 0.6 is 0 Å². The van der Waals surface area contributed by atoms with Crippen molar-refractivity contribution in [2.75, 3.05) is 0 Å². The van der Waals surface area contributed by atoms with E-state index in [2.05, 4.69) is 0 Å². The fourth-order valence-electron chi connectivity index (χ4n) is 1.63. The van der Waals surface area contributed by atoms with Crippen LogP contribution in [0.3, 0.4) is 0 Å². The Balaban J connectivity index is 2.85. The molecule has 0 spiro atoms. The Labute approximate surface area is 86.6 Å². The predicted molar refractivity (Wildman–Crippen MR) is 55.1 cm³/mol. The molecule has 0 unspecified atom stereocenters. The Kier molecular flexibility index (Phi) is 2.08. The molecular formula is C12H9O3-. The summed E-state index contributed by atoms with van der Waals surface area (Å²) in [5, 5.41) is 21.7. The lowest BCUT2D eigenvalue weighted by Crippen LogP contribution is -2.00. The van der Waals surface area contributed by atoms with Gasteiger partial charge in [-0.15, -0.1) is 5.75 Å². The summed E-state index contributed by atoms with van der Waals surface area (Å²) < 4.78 is 0. The number of benzene rings is 2. The number of hydrogen-bond donors (Lipinski definition) is 1. The van der Waals surface area contributed by atoms with Crippen LogP contribution in [-0.4, -0.2) is 11.1 Å². The van der Waals surface area contributed by atoms with E-state index in [9.17, 15) is 9.90 Å². The molecule has 0 fully saturated rings. The quantitative estimate of drug-likeness (QED) is 0.766. The number of rotatable bonds is 1.